The average Bonchev–Trinajstić information content (AvgIpc) is 2.62. The Morgan fingerprint density at radius 2 is 2.19 bits per heavy atom. The quantitative estimate of drug-likeness (QED) is 0.590. The molecule has 1 aromatic carbocycles. The molecule has 0 saturated heterocycles. The highest BCUT2D eigenvalue weighted by Gasteiger charge is 2.17. The summed E-state index contributed by atoms with van der Waals surface area (Å²) in [6.45, 7) is 1.81. The molecule has 0 saturated carbocycles. The maximum Gasteiger partial charge on any atom is 0.293 e. The van der Waals surface area contributed by atoms with Crippen LogP contribution in [-0.4, -0.2) is 15.8 Å². The van der Waals surface area contributed by atoms with Crippen LogP contribution in [0.4, 0.5) is 5.69 Å². The number of benzene rings is 1. The fourth-order valence-electron chi connectivity index (χ4n) is 1.63. The van der Waals surface area contributed by atoms with Crippen LogP contribution in [0.15, 0.2) is 18.2 Å². The van der Waals surface area contributed by atoms with E-state index in [0.717, 1.165) is 5.56 Å². The number of primary amides is 1. The predicted molar refractivity (Wildman–Crippen MR) is 58.2 cm³/mol. The molecule has 6 heteroatoms. The predicted octanol–water partition coefficient (Wildman–Crippen LogP) is 1.48. The van der Waals surface area contributed by atoms with Crippen molar-refractivity contribution in [1.29, 1.82) is 0 Å². The summed E-state index contributed by atoms with van der Waals surface area (Å²) in [5.74, 6) is -0.634. The van der Waals surface area contributed by atoms with Crippen LogP contribution in [0.1, 0.15) is 16.1 Å². The number of hydrogen-bond acceptors (Lipinski definition) is 3. The lowest BCUT2D eigenvalue weighted by molar-refractivity contribution is -0.383. The molecule has 0 radical (unpaired) electrons. The molecular formula is C10H9N3O3. The SMILES string of the molecule is Cc1ccc([N+](=O)[O-])c2[nH]c(C(N)=O)cc12. The zero-order chi connectivity index (χ0) is 11.9. The van der Waals surface area contributed by atoms with Gasteiger partial charge >= 0.3 is 0 Å². The molecule has 1 aromatic heterocycles. The lowest BCUT2D eigenvalue weighted by atomic mass is 10.1. The van der Waals surface area contributed by atoms with Crippen molar-refractivity contribution in [3.8, 4) is 0 Å². The first-order valence-electron chi connectivity index (χ1n) is 4.57. The summed E-state index contributed by atoms with van der Waals surface area (Å²) in [7, 11) is 0. The van der Waals surface area contributed by atoms with Crippen LogP contribution >= 0.6 is 0 Å². The average molecular weight is 219 g/mol. The van der Waals surface area contributed by atoms with Crippen molar-refractivity contribution in [1.82, 2.24) is 4.98 Å². The molecule has 1 heterocycles. The summed E-state index contributed by atoms with van der Waals surface area (Å²) in [6, 6.07) is 4.57. The molecular weight excluding hydrogens is 210 g/mol. The van der Waals surface area contributed by atoms with Gasteiger partial charge in [-0.25, -0.2) is 0 Å². The Kier molecular flexibility index (Phi) is 2.12. The maximum atomic E-state index is 11.0. The van der Waals surface area contributed by atoms with Gasteiger partial charge in [-0.15, -0.1) is 0 Å². The second kappa shape index (κ2) is 3.34. The lowest BCUT2D eigenvalue weighted by Crippen LogP contribution is -2.10. The first kappa shape index (κ1) is 10.2. The molecule has 0 atom stereocenters. The number of rotatable bonds is 2. The molecule has 2 rings (SSSR count). The Bertz CT molecular complexity index is 601. The number of nitrogens with two attached hydrogens (primary N) is 1. The van der Waals surface area contributed by atoms with Crippen LogP contribution in [0, 0.1) is 17.0 Å². The zero-order valence-electron chi connectivity index (χ0n) is 8.48. The van der Waals surface area contributed by atoms with Crippen LogP contribution in [0.25, 0.3) is 10.9 Å². The second-order valence-electron chi connectivity index (χ2n) is 3.49. The standard InChI is InChI=1S/C10H9N3O3/c1-5-2-3-8(13(15)16)9-6(5)4-7(12-9)10(11)14/h2-4,12H,1H3,(H2,11,14). The molecule has 0 aliphatic heterocycles. The lowest BCUT2D eigenvalue weighted by Gasteiger charge is -1.96. The summed E-state index contributed by atoms with van der Waals surface area (Å²) < 4.78 is 0. The van der Waals surface area contributed by atoms with Crippen LogP contribution in [0.2, 0.25) is 0 Å². The molecule has 82 valence electrons. The van der Waals surface area contributed by atoms with Gasteiger partial charge in [0.05, 0.1) is 4.92 Å². The second-order valence-corrected chi connectivity index (χ2v) is 3.49. The van der Waals surface area contributed by atoms with Crippen LogP contribution in [-0.2, 0) is 0 Å². The Morgan fingerprint density at radius 3 is 2.75 bits per heavy atom. The third-order valence-electron chi connectivity index (χ3n) is 2.45. The van der Waals surface area contributed by atoms with Gasteiger partial charge in [0.2, 0.25) is 0 Å². The van der Waals surface area contributed by atoms with Gasteiger partial charge in [-0.1, -0.05) is 6.07 Å². The summed E-state index contributed by atoms with van der Waals surface area (Å²) in [6.07, 6.45) is 0. The fourth-order valence-corrected chi connectivity index (χ4v) is 1.63. The third kappa shape index (κ3) is 1.40. The number of nitro groups is 1. The van der Waals surface area contributed by atoms with E-state index in [-0.39, 0.29) is 11.4 Å². The third-order valence-corrected chi connectivity index (χ3v) is 2.45. The topological polar surface area (TPSA) is 102 Å². The van der Waals surface area contributed by atoms with Gasteiger partial charge < -0.3 is 10.7 Å². The van der Waals surface area contributed by atoms with Gasteiger partial charge in [0.25, 0.3) is 11.6 Å². The Hall–Kier alpha value is -2.37. The number of nitro benzene ring substituents is 1. The van der Waals surface area contributed by atoms with E-state index in [4.69, 9.17) is 5.73 Å². The Balaban J connectivity index is 2.82. The van der Waals surface area contributed by atoms with E-state index < -0.39 is 10.8 Å². The molecule has 0 bridgehead atoms. The number of nitrogens with zero attached hydrogens (tertiary/aromatic N) is 1. The number of carbonyl (C=O) groups excluding carboxylic acids is 1. The van der Waals surface area contributed by atoms with Crippen LogP contribution in [0.3, 0.4) is 0 Å². The number of fused-ring (bicyclic) bond motifs is 1. The van der Waals surface area contributed by atoms with Crippen molar-refractivity contribution in [3.05, 3.63) is 39.6 Å². The van der Waals surface area contributed by atoms with Gasteiger partial charge in [-0.2, -0.15) is 0 Å². The van der Waals surface area contributed by atoms with E-state index in [2.05, 4.69) is 4.98 Å². The highest BCUT2D eigenvalue weighted by Crippen LogP contribution is 2.28. The summed E-state index contributed by atoms with van der Waals surface area (Å²) in [4.78, 5) is 23.9. The van der Waals surface area contributed by atoms with Crippen molar-refractivity contribution in [2.75, 3.05) is 0 Å². The number of carbonyl (C=O) groups is 1. The minimum atomic E-state index is -0.634. The number of aromatic amines is 1. The van der Waals surface area contributed by atoms with E-state index in [1.807, 2.05) is 6.92 Å². The zero-order valence-corrected chi connectivity index (χ0v) is 8.48. The van der Waals surface area contributed by atoms with E-state index in [9.17, 15) is 14.9 Å². The van der Waals surface area contributed by atoms with Crippen LogP contribution < -0.4 is 5.73 Å². The molecule has 3 N–H and O–H groups in total. The van der Waals surface area contributed by atoms with Crippen molar-refractivity contribution in [2.24, 2.45) is 5.73 Å². The highest BCUT2D eigenvalue weighted by atomic mass is 16.6. The van der Waals surface area contributed by atoms with E-state index >= 15 is 0 Å². The van der Waals surface area contributed by atoms with Crippen LogP contribution in [0.5, 0.6) is 0 Å². The smallest absolute Gasteiger partial charge is 0.293 e. The van der Waals surface area contributed by atoms with Gasteiger partial charge in [0.15, 0.2) is 0 Å². The van der Waals surface area contributed by atoms with E-state index in [0.29, 0.717) is 10.9 Å². The fraction of sp³-hybridized carbons (Fsp3) is 0.100. The van der Waals surface area contributed by atoms with Crippen molar-refractivity contribution >= 4 is 22.5 Å². The van der Waals surface area contributed by atoms with Gasteiger partial charge in [0, 0.05) is 11.5 Å². The number of aryl methyl sites for hydroxylation is 1. The summed E-state index contributed by atoms with van der Waals surface area (Å²) >= 11 is 0. The Labute approximate surface area is 90.2 Å². The van der Waals surface area contributed by atoms with Crippen molar-refractivity contribution in [3.63, 3.8) is 0 Å². The normalized spacial score (nSPS) is 10.6. The molecule has 0 aliphatic carbocycles. The summed E-state index contributed by atoms with van der Waals surface area (Å²) in [5.41, 5.74) is 6.41. The number of nitrogens with one attached hydrogen (secondary N) is 1. The first-order chi connectivity index (χ1) is 7.50. The van der Waals surface area contributed by atoms with Gasteiger partial charge in [0.1, 0.15) is 11.2 Å². The maximum absolute atomic E-state index is 11.0. The minimum Gasteiger partial charge on any atom is -0.364 e. The molecule has 1 amide bonds. The molecule has 16 heavy (non-hydrogen) atoms. The highest BCUT2D eigenvalue weighted by molar-refractivity contribution is 6.00. The molecule has 2 aromatic rings. The molecule has 6 nitrogen and oxygen atoms in total. The van der Waals surface area contributed by atoms with E-state index in [1.54, 1.807) is 6.07 Å². The number of aromatic nitrogens is 1. The molecule has 0 spiro atoms. The summed E-state index contributed by atoms with van der Waals surface area (Å²) in [5, 5.41) is 11.4. The minimum absolute atomic E-state index is 0.0619. The number of hydrogen-bond donors (Lipinski definition) is 2. The van der Waals surface area contributed by atoms with E-state index in [1.165, 1.54) is 12.1 Å². The van der Waals surface area contributed by atoms with Gasteiger partial charge in [-0.3, -0.25) is 14.9 Å². The van der Waals surface area contributed by atoms with Crippen molar-refractivity contribution in [2.45, 2.75) is 6.92 Å². The van der Waals surface area contributed by atoms with Crippen molar-refractivity contribution < 1.29 is 9.72 Å². The molecule has 0 unspecified atom stereocenters. The molecule has 0 fully saturated rings. The number of H-pyrrole nitrogens is 1. The van der Waals surface area contributed by atoms with Gasteiger partial charge in [-0.05, 0) is 18.6 Å². The first-order valence-corrected chi connectivity index (χ1v) is 4.57. The number of amides is 1. The largest absolute Gasteiger partial charge is 0.364 e. The monoisotopic (exact) mass is 219 g/mol. The Morgan fingerprint density at radius 1 is 1.50 bits per heavy atom. The number of non-ortho nitro benzene ring substituents is 1. The molecule has 0 aliphatic rings.